The molecule has 25 heavy (non-hydrogen) atoms. The second-order valence-corrected chi connectivity index (χ2v) is 6.47. The molecule has 1 saturated carbocycles. The number of carbonyl (C=O) groups is 1. The molecule has 1 aliphatic heterocycles. The number of nitrogens with zero attached hydrogens (tertiary/aromatic N) is 3. The van der Waals surface area contributed by atoms with Crippen molar-refractivity contribution in [1.82, 2.24) is 0 Å². The van der Waals surface area contributed by atoms with Crippen LogP contribution in [0, 0.1) is 0 Å². The second kappa shape index (κ2) is 7.13. The lowest BCUT2D eigenvalue weighted by Gasteiger charge is -2.45. The van der Waals surface area contributed by atoms with Crippen LogP contribution in [-0.2, 0) is 16.0 Å². The number of hydrogen-bond acceptors (Lipinski definition) is 7. The molecule has 1 spiro atoms. The first-order chi connectivity index (χ1) is 12.0. The van der Waals surface area contributed by atoms with Crippen LogP contribution in [0.5, 0.6) is 0 Å². The highest BCUT2D eigenvalue weighted by atomic mass is 16.5. The molecule has 0 unspecified atom stereocenters. The lowest BCUT2D eigenvalue weighted by molar-refractivity contribution is -0.142. The summed E-state index contributed by atoms with van der Waals surface area (Å²) in [5, 5.41) is 0. The molecule has 7 heteroatoms. The number of ether oxygens (including phenoxy) is 1. The van der Waals surface area contributed by atoms with Crippen LogP contribution in [-0.4, -0.2) is 30.2 Å². The van der Waals surface area contributed by atoms with Gasteiger partial charge in [0.2, 0.25) is 11.9 Å². The monoisotopic (exact) mass is 343 g/mol. The summed E-state index contributed by atoms with van der Waals surface area (Å²) in [5.41, 5.74) is 13.4. The molecule has 3 rings (SSSR count). The highest BCUT2D eigenvalue weighted by Gasteiger charge is 2.42. The van der Waals surface area contributed by atoms with Crippen LogP contribution in [0.15, 0.2) is 34.3 Å². The molecular weight excluding hydrogens is 318 g/mol. The highest BCUT2D eigenvalue weighted by Crippen LogP contribution is 2.39. The zero-order valence-corrected chi connectivity index (χ0v) is 14.6. The van der Waals surface area contributed by atoms with Crippen LogP contribution in [0.4, 0.5) is 5.69 Å². The number of anilines is 1. The van der Waals surface area contributed by atoms with Gasteiger partial charge in [0.1, 0.15) is 5.66 Å². The van der Waals surface area contributed by atoms with E-state index >= 15 is 0 Å². The van der Waals surface area contributed by atoms with Crippen LogP contribution < -0.4 is 16.4 Å². The van der Waals surface area contributed by atoms with Gasteiger partial charge in [0.15, 0.2) is 0 Å². The maximum atomic E-state index is 11.6. The van der Waals surface area contributed by atoms with Gasteiger partial charge in [-0.15, -0.1) is 0 Å². The quantitative estimate of drug-likeness (QED) is 0.812. The summed E-state index contributed by atoms with van der Waals surface area (Å²) < 4.78 is 4.99. The normalized spacial score (nSPS) is 19.3. The van der Waals surface area contributed by atoms with E-state index in [1.54, 1.807) is 6.92 Å². The summed E-state index contributed by atoms with van der Waals surface area (Å²) in [4.78, 5) is 22.4. The van der Waals surface area contributed by atoms with Crippen molar-refractivity contribution in [2.75, 3.05) is 11.5 Å². The molecule has 0 radical (unpaired) electrons. The average Bonchev–Trinajstić information content (AvgIpc) is 2.56. The SMILES string of the molecule is CCOC(=O)Cc1ccc(N2C(N)=NC(N)=NC23CCCCC3)cc1. The molecule has 1 heterocycles. The Balaban J connectivity index is 1.86. The average molecular weight is 343 g/mol. The van der Waals surface area contributed by atoms with Crippen molar-refractivity contribution in [3.63, 3.8) is 0 Å². The van der Waals surface area contributed by atoms with Gasteiger partial charge in [-0.25, -0.2) is 4.99 Å². The van der Waals surface area contributed by atoms with Crippen molar-refractivity contribution < 1.29 is 9.53 Å². The van der Waals surface area contributed by atoms with Gasteiger partial charge in [-0.05, 0) is 50.3 Å². The number of guanidine groups is 2. The van der Waals surface area contributed by atoms with E-state index in [1.807, 2.05) is 29.2 Å². The molecule has 4 N–H and O–H groups in total. The molecule has 7 nitrogen and oxygen atoms in total. The first-order valence-electron chi connectivity index (χ1n) is 8.78. The van der Waals surface area contributed by atoms with E-state index in [-0.39, 0.29) is 18.3 Å². The number of esters is 1. The number of carbonyl (C=O) groups excluding carboxylic acids is 1. The minimum Gasteiger partial charge on any atom is -0.466 e. The fraction of sp³-hybridized carbons (Fsp3) is 0.500. The molecule has 0 amide bonds. The van der Waals surface area contributed by atoms with E-state index in [1.165, 1.54) is 6.42 Å². The molecule has 1 aromatic carbocycles. The summed E-state index contributed by atoms with van der Waals surface area (Å²) in [6, 6.07) is 7.73. The fourth-order valence-electron chi connectivity index (χ4n) is 3.64. The van der Waals surface area contributed by atoms with E-state index in [2.05, 4.69) is 9.98 Å². The number of nitrogens with two attached hydrogens (primary N) is 2. The summed E-state index contributed by atoms with van der Waals surface area (Å²) in [7, 11) is 0. The van der Waals surface area contributed by atoms with Crippen molar-refractivity contribution >= 4 is 23.6 Å². The van der Waals surface area contributed by atoms with Crippen LogP contribution in [0.3, 0.4) is 0 Å². The largest absolute Gasteiger partial charge is 0.466 e. The molecule has 0 aromatic heterocycles. The lowest BCUT2D eigenvalue weighted by atomic mass is 9.87. The van der Waals surface area contributed by atoms with Crippen LogP contribution in [0.1, 0.15) is 44.6 Å². The van der Waals surface area contributed by atoms with Gasteiger partial charge in [0.05, 0.1) is 13.0 Å². The molecule has 1 fully saturated rings. The maximum absolute atomic E-state index is 11.6. The van der Waals surface area contributed by atoms with Crippen LogP contribution in [0.25, 0.3) is 0 Å². The number of rotatable bonds is 4. The highest BCUT2D eigenvalue weighted by molar-refractivity contribution is 6.05. The van der Waals surface area contributed by atoms with E-state index in [9.17, 15) is 4.79 Å². The third kappa shape index (κ3) is 3.60. The van der Waals surface area contributed by atoms with Crippen LogP contribution >= 0.6 is 0 Å². The van der Waals surface area contributed by atoms with Crippen molar-refractivity contribution in [2.24, 2.45) is 21.5 Å². The third-order valence-corrected chi connectivity index (χ3v) is 4.70. The van der Waals surface area contributed by atoms with Gasteiger partial charge in [0, 0.05) is 5.69 Å². The van der Waals surface area contributed by atoms with Gasteiger partial charge in [-0.3, -0.25) is 9.69 Å². The Hall–Kier alpha value is -2.57. The van der Waals surface area contributed by atoms with E-state index < -0.39 is 5.66 Å². The number of hydrogen-bond donors (Lipinski definition) is 2. The number of aliphatic imine (C=N–C) groups is 2. The Morgan fingerprint density at radius 1 is 1.20 bits per heavy atom. The molecule has 0 bridgehead atoms. The minimum atomic E-state index is -0.448. The topological polar surface area (TPSA) is 106 Å². The standard InChI is InChI=1S/C18H25N5O2/c1-2-25-15(24)12-13-6-8-14(9-7-13)23-17(20)21-16(19)22-18(23)10-4-3-5-11-18/h6-9H,2-5,10-12H2,1H3,(H4,19,20,21,22). The summed E-state index contributed by atoms with van der Waals surface area (Å²) in [6.07, 6.45) is 5.42. The van der Waals surface area contributed by atoms with Crippen molar-refractivity contribution in [1.29, 1.82) is 0 Å². The molecular formula is C18H25N5O2. The van der Waals surface area contributed by atoms with E-state index in [0.29, 0.717) is 12.6 Å². The van der Waals surface area contributed by atoms with Gasteiger partial charge < -0.3 is 16.2 Å². The Bertz CT molecular complexity index is 690. The van der Waals surface area contributed by atoms with E-state index in [0.717, 1.165) is 36.9 Å². The lowest BCUT2D eigenvalue weighted by Crippen LogP contribution is -2.58. The van der Waals surface area contributed by atoms with Gasteiger partial charge in [0.25, 0.3) is 0 Å². The molecule has 1 aromatic rings. The Kier molecular flexibility index (Phi) is 4.92. The van der Waals surface area contributed by atoms with Gasteiger partial charge in [-0.2, -0.15) is 4.99 Å². The molecule has 1 aliphatic carbocycles. The van der Waals surface area contributed by atoms with E-state index in [4.69, 9.17) is 16.2 Å². The third-order valence-electron chi connectivity index (χ3n) is 4.70. The van der Waals surface area contributed by atoms with Crippen LogP contribution in [0.2, 0.25) is 0 Å². The second-order valence-electron chi connectivity index (χ2n) is 6.47. The molecule has 0 atom stereocenters. The smallest absolute Gasteiger partial charge is 0.310 e. The predicted octanol–water partition coefficient (Wildman–Crippen LogP) is 1.90. The Morgan fingerprint density at radius 3 is 2.52 bits per heavy atom. The molecule has 134 valence electrons. The summed E-state index contributed by atoms with van der Waals surface area (Å²) >= 11 is 0. The van der Waals surface area contributed by atoms with Gasteiger partial charge in [-0.1, -0.05) is 18.6 Å². The van der Waals surface area contributed by atoms with Crippen molar-refractivity contribution in [2.45, 2.75) is 51.1 Å². The van der Waals surface area contributed by atoms with Gasteiger partial charge >= 0.3 is 5.97 Å². The Morgan fingerprint density at radius 2 is 1.88 bits per heavy atom. The summed E-state index contributed by atoms with van der Waals surface area (Å²) in [6.45, 7) is 2.19. The van der Waals surface area contributed by atoms with Crippen molar-refractivity contribution in [3.05, 3.63) is 29.8 Å². The first-order valence-corrected chi connectivity index (χ1v) is 8.78. The first kappa shape index (κ1) is 17.3. The fourth-order valence-corrected chi connectivity index (χ4v) is 3.64. The number of benzene rings is 1. The molecule has 0 saturated heterocycles. The zero-order chi connectivity index (χ0) is 17.9. The zero-order valence-electron chi connectivity index (χ0n) is 14.6. The Labute approximate surface area is 147 Å². The minimum absolute atomic E-state index is 0.226. The molecule has 2 aliphatic rings. The maximum Gasteiger partial charge on any atom is 0.310 e. The van der Waals surface area contributed by atoms with Crippen molar-refractivity contribution in [3.8, 4) is 0 Å². The predicted molar refractivity (Wildman–Crippen MR) is 98.3 cm³/mol. The summed E-state index contributed by atoms with van der Waals surface area (Å²) in [5.74, 6) is 0.387.